The van der Waals surface area contributed by atoms with Crippen LogP contribution in [0.25, 0.3) is 0 Å². The molecular weight excluding hydrogens is 222 g/mol. The molecule has 0 saturated carbocycles. The lowest BCUT2D eigenvalue weighted by Gasteiger charge is -2.24. The third-order valence-electron chi connectivity index (χ3n) is 3.01. The molecule has 0 radical (unpaired) electrons. The van der Waals surface area contributed by atoms with Crippen LogP contribution in [0.5, 0.6) is 0 Å². The van der Waals surface area contributed by atoms with E-state index >= 15 is 0 Å². The largest absolute Gasteiger partial charge is 0.389 e. The zero-order valence-electron chi connectivity index (χ0n) is 9.61. The molecule has 2 N–H and O–H groups in total. The Balaban J connectivity index is 1.88. The molecule has 0 bridgehead atoms. The normalized spacial score (nSPS) is 21.8. The smallest absolute Gasteiger partial charge is 0.0897 e. The van der Waals surface area contributed by atoms with E-state index in [1.165, 1.54) is 29.7 Å². The van der Waals surface area contributed by atoms with Gasteiger partial charge in [-0.05, 0) is 36.3 Å². The summed E-state index contributed by atoms with van der Waals surface area (Å²) in [4.78, 5) is 1.50. The number of aryl methyl sites for hydroxylation is 1. The summed E-state index contributed by atoms with van der Waals surface area (Å²) in [6.07, 6.45) is 3.22. The number of methoxy groups -OCH3 is 1. The SMILES string of the molecule is COCC(O)CNC1CCCc2sccc21. The molecule has 2 unspecified atom stereocenters. The van der Waals surface area contributed by atoms with Crippen molar-refractivity contribution >= 4 is 11.3 Å². The monoisotopic (exact) mass is 241 g/mol. The van der Waals surface area contributed by atoms with Crippen molar-refractivity contribution in [2.24, 2.45) is 0 Å². The van der Waals surface area contributed by atoms with Gasteiger partial charge in [-0.2, -0.15) is 0 Å². The van der Waals surface area contributed by atoms with Gasteiger partial charge in [0, 0.05) is 24.6 Å². The minimum absolute atomic E-state index is 0.399. The molecule has 0 fully saturated rings. The van der Waals surface area contributed by atoms with Gasteiger partial charge in [0.05, 0.1) is 12.7 Å². The molecule has 2 atom stereocenters. The van der Waals surface area contributed by atoms with Crippen molar-refractivity contribution in [1.82, 2.24) is 5.32 Å². The molecule has 2 rings (SSSR count). The van der Waals surface area contributed by atoms with Gasteiger partial charge >= 0.3 is 0 Å². The molecule has 0 aromatic carbocycles. The van der Waals surface area contributed by atoms with E-state index in [2.05, 4.69) is 16.8 Å². The summed E-state index contributed by atoms with van der Waals surface area (Å²) in [5.74, 6) is 0. The highest BCUT2D eigenvalue weighted by molar-refractivity contribution is 7.10. The summed E-state index contributed by atoms with van der Waals surface area (Å²) in [7, 11) is 1.61. The standard InChI is InChI=1S/C12H19NO2S/c1-15-8-9(14)7-13-11-3-2-4-12-10(11)5-6-16-12/h5-6,9,11,13-14H,2-4,7-8H2,1H3. The van der Waals surface area contributed by atoms with E-state index in [0.717, 1.165) is 0 Å². The molecule has 1 aromatic heterocycles. The van der Waals surface area contributed by atoms with Crippen molar-refractivity contribution < 1.29 is 9.84 Å². The zero-order chi connectivity index (χ0) is 11.4. The number of rotatable bonds is 5. The second-order valence-corrected chi connectivity index (χ2v) is 5.26. The Labute approximate surface area is 100 Å². The molecule has 4 heteroatoms. The van der Waals surface area contributed by atoms with Gasteiger partial charge in [-0.25, -0.2) is 0 Å². The number of fused-ring (bicyclic) bond motifs is 1. The fourth-order valence-electron chi connectivity index (χ4n) is 2.23. The van der Waals surface area contributed by atoms with Crippen LogP contribution in [0.2, 0.25) is 0 Å². The number of hydrogen-bond acceptors (Lipinski definition) is 4. The third-order valence-corrected chi connectivity index (χ3v) is 4.01. The molecule has 0 amide bonds. The van der Waals surface area contributed by atoms with E-state index < -0.39 is 6.10 Å². The first kappa shape index (κ1) is 12.0. The number of aliphatic hydroxyl groups excluding tert-OH is 1. The second kappa shape index (κ2) is 5.77. The van der Waals surface area contributed by atoms with Crippen molar-refractivity contribution in [2.75, 3.05) is 20.3 Å². The summed E-state index contributed by atoms with van der Waals surface area (Å²) in [5.41, 5.74) is 1.43. The van der Waals surface area contributed by atoms with E-state index in [4.69, 9.17) is 4.74 Å². The van der Waals surface area contributed by atoms with Crippen molar-refractivity contribution in [3.63, 3.8) is 0 Å². The van der Waals surface area contributed by atoms with E-state index in [0.29, 0.717) is 19.2 Å². The zero-order valence-corrected chi connectivity index (χ0v) is 10.4. The number of thiophene rings is 1. The lowest BCUT2D eigenvalue weighted by Crippen LogP contribution is -2.34. The van der Waals surface area contributed by atoms with Crippen LogP contribution >= 0.6 is 11.3 Å². The van der Waals surface area contributed by atoms with Crippen LogP contribution in [0.4, 0.5) is 0 Å². The van der Waals surface area contributed by atoms with Crippen molar-refractivity contribution in [3.05, 3.63) is 21.9 Å². The Morgan fingerprint density at radius 2 is 2.56 bits per heavy atom. The van der Waals surface area contributed by atoms with Gasteiger partial charge in [0.1, 0.15) is 0 Å². The average molecular weight is 241 g/mol. The van der Waals surface area contributed by atoms with Gasteiger partial charge < -0.3 is 15.2 Å². The number of hydrogen-bond donors (Lipinski definition) is 2. The molecule has 90 valence electrons. The summed E-state index contributed by atoms with van der Waals surface area (Å²) in [6.45, 7) is 1.00. The van der Waals surface area contributed by atoms with Crippen LogP contribution in [0.3, 0.4) is 0 Å². The second-order valence-electron chi connectivity index (χ2n) is 4.26. The van der Waals surface area contributed by atoms with Crippen molar-refractivity contribution in [2.45, 2.75) is 31.4 Å². The lowest BCUT2D eigenvalue weighted by atomic mass is 9.94. The molecule has 1 aliphatic carbocycles. The van der Waals surface area contributed by atoms with E-state index in [1.807, 2.05) is 11.3 Å². The molecule has 1 aliphatic rings. The maximum atomic E-state index is 9.59. The highest BCUT2D eigenvalue weighted by atomic mass is 32.1. The Morgan fingerprint density at radius 1 is 1.69 bits per heavy atom. The third kappa shape index (κ3) is 2.83. The van der Waals surface area contributed by atoms with E-state index in [-0.39, 0.29) is 0 Å². The van der Waals surface area contributed by atoms with Crippen LogP contribution in [-0.2, 0) is 11.2 Å². The topological polar surface area (TPSA) is 41.5 Å². The lowest BCUT2D eigenvalue weighted by molar-refractivity contribution is 0.0623. The van der Waals surface area contributed by atoms with Crippen LogP contribution in [0.1, 0.15) is 29.3 Å². The Kier molecular flexibility index (Phi) is 4.35. The first-order chi connectivity index (χ1) is 7.81. The van der Waals surface area contributed by atoms with Gasteiger partial charge in [0.25, 0.3) is 0 Å². The average Bonchev–Trinajstić information content (AvgIpc) is 2.75. The quantitative estimate of drug-likeness (QED) is 0.825. The van der Waals surface area contributed by atoms with Gasteiger partial charge in [0.2, 0.25) is 0 Å². The Morgan fingerprint density at radius 3 is 3.38 bits per heavy atom. The maximum absolute atomic E-state index is 9.59. The summed E-state index contributed by atoms with van der Waals surface area (Å²) < 4.78 is 4.91. The molecule has 0 aliphatic heterocycles. The van der Waals surface area contributed by atoms with Crippen LogP contribution in [0, 0.1) is 0 Å². The maximum Gasteiger partial charge on any atom is 0.0897 e. The first-order valence-corrected chi connectivity index (χ1v) is 6.66. The van der Waals surface area contributed by atoms with Gasteiger partial charge in [-0.1, -0.05) is 0 Å². The molecule has 0 spiro atoms. The van der Waals surface area contributed by atoms with Crippen LogP contribution in [0.15, 0.2) is 11.4 Å². The molecule has 1 heterocycles. The fraction of sp³-hybridized carbons (Fsp3) is 0.667. The summed E-state index contributed by atoms with van der Waals surface area (Å²) >= 11 is 1.85. The summed E-state index contributed by atoms with van der Waals surface area (Å²) in [6, 6.07) is 2.63. The number of ether oxygens (including phenoxy) is 1. The Hall–Kier alpha value is -0.420. The van der Waals surface area contributed by atoms with Crippen molar-refractivity contribution in [3.8, 4) is 0 Å². The first-order valence-electron chi connectivity index (χ1n) is 5.78. The number of nitrogens with one attached hydrogen (secondary N) is 1. The van der Waals surface area contributed by atoms with Gasteiger partial charge in [-0.3, -0.25) is 0 Å². The molecule has 0 saturated heterocycles. The highest BCUT2D eigenvalue weighted by Gasteiger charge is 2.21. The minimum Gasteiger partial charge on any atom is -0.389 e. The Bertz CT molecular complexity index is 327. The van der Waals surface area contributed by atoms with E-state index in [1.54, 1.807) is 7.11 Å². The molecule has 16 heavy (non-hydrogen) atoms. The molecule has 3 nitrogen and oxygen atoms in total. The fourth-order valence-corrected chi connectivity index (χ4v) is 3.22. The minimum atomic E-state index is -0.408. The van der Waals surface area contributed by atoms with Gasteiger partial charge in [0.15, 0.2) is 0 Å². The predicted molar refractivity (Wildman–Crippen MR) is 65.9 cm³/mol. The van der Waals surface area contributed by atoms with E-state index in [9.17, 15) is 5.11 Å². The number of aliphatic hydroxyl groups is 1. The highest BCUT2D eigenvalue weighted by Crippen LogP contribution is 2.33. The van der Waals surface area contributed by atoms with Crippen molar-refractivity contribution in [1.29, 1.82) is 0 Å². The summed E-state index contributed by atoms with van der Waals surface area (Å²) in [5, 5.41) is 15.2. The molecular formula is C12H19NO2S. The van der Waals surface area contributed by atoms with Crippen LogP contribution < -0.4 is 5.32 Å². The predicted octanol–water partition coefficient (Wildman–Crippen LogP) is 1.72. The molecule has 1 aromatic rings. The van der Waals surface area contributed by atoms with Gasteiger partial charge in [-0.15, -0.1) is 11.3 Å². The van der Waals surface area contributed by atoms with Crippen LogP contribution in [-0.4, -0.2) is 31.5 Å².